The zero-order chi connectivity index (χ0) is 24.0. The van der Waals surface area contributed by atoms with Crippen LogP contribution in [-0.4, -0.2) is 15.7 Å². The van der Waals surface area contributed by atoms with Gasteiger partial charge in [-0.1, -0.05) is 60.1 Å². The minimum absolute atomic E-state index is 0.0430. The quantitative estimate of drug-likeness (QED) is 0.420. The topological polar surface area (TPSA) is 113 Å². The number of nitrogens with zero attached hydrogens (tertiary/aromatic N) is 3. The van der Waals surface area contributed by atoms with Gasteiger partial charge < -0.3 is 10.6 Å². The summed E-state index contributed by atoms with van der Waals surface area (Å²) in [7, 11) is 0. The third-order valence-corrected chi connectivity index (χ3v) is 7.05. The summed E-state index contributed by atoms with van der Waals surface area (Å²) in [6.07, 6.45) is 3.81. The molecule has 3 aromatic rings. The monoisotopic (exact) mass is 470 g/mol. The second kappa shape index (κ2) is 8.01. The van der Waals surface area contributed by atoms with Crippen LogP contribution in [-0.2, 0) is 4.79 Å². The third-order valence-electron chi connectivity index (χ3n) is 6.82. The molecule has 168 valence electrons. The van der Waals surface area contributed by atoms with E-state index in [4.69, 9.17) is 17.3 Å². The fourth-order valence-corrected chi connectivity index (χ4v) is 5.63. The van der Waals surface area contributed by atoms with Crippen molar-refractivity contribution in [3.05, 3.63) is 116 Å². The van der Waals surface area contributed by atoms with Crippen LogP contribution in [0.25, 0.3) is 6.08 Å². The van der Waals surface area contributed by atoms with Gasteiger partial charge in [0.1, 0.15) is 0 Å². The van der Waals surface area contributed by atoms with Crippen LogP contribution in [0.1, 0.15) is 40.3 Å². The fourth-order valence-electron chi connectivity index (χ4n) is 5.43. The molecule has 34 heavy (non-hydrogen) atoms. The molecule has 8 heteroatoms. The summed E-state index contributed by atoms with van der Waals surface area (Å²) in [4.78, 5) is 26.0. The average molecular weight is 471 g/mol. The Morgan fingerprint density at radius 3 is 2.47 bits per heavy atom. The predicted molar refractivity (Wildman–Crippen MR) is 127 cm³/mol. The van der Waals surface area contributed by atoms with E-state index in [1.165, 1.54) is 12.1 Å². The maximum Gasteiger partial charge on any atom is 0.269 e. The molecule has 0 aromatic heterocycles. The summed E-state index contributed by atoms with van der Waals surface area (Å²) >= 11 is 6.32. The molecule has 5 rings (SSSR count). The number of benzene rings is 3. The Kier molecular flexibility index (Phi) is 5.11. The van der Waals surface area contributed by atoms with E-state index in [2.05, 4.69) is 6.07 Å². The lowest BCUT2D eigenvalue weighted by atomic mass is 9.66. The van der Waals surface area contributed by atoms with Crippen LogP contribution in [0.5, 0.6) is 0 Å². The molecule has 0 aliphatic carbocycles. The Bertz CT molecular complexity index is 1380. The van der Waals surface area contributed by atoms with Crippen molar-refractivity contribution in [2.45, 2.75) is 18.0 Å². The van der Waals surface area contributed by atoms with Gasteiger partial charge in [-0.3, -0.25) is 14.9 Å². The van der Waals surface area contributed by atoms with Gasteiger partial charge in [-0.05, 0) is 40.5 Å². The van der Waals surface area contributed by atoms with Gasteiger partial charge in [0.05, 0.1) is 23.1 Å². The van der Waals surface area contributed by atoms with Crippen LogP contribution in [0, 0.1) is 26.9 Å². The Morgan fingerprint density at radius 1 is 1.09 bits per heavy atom. The molecule has 4 atom stereocenters. The number of halogens is 1. The fraction of sp³-hybridized carbons (Fsp3) is 0.154. The zero-order valence-electron chi connectivity index (χ0n) is 17.8. The lowest BCUT2D eigenvalue weighted by Crippen LogP contribution is -2.44. The molecule has 1 fully saturated rings. The van der Waals surface area contributed by atoms with Crippen molar-refractivity contribution in [3.63, 3.8) is 0 Å². The van der Waals surface area contributed by atoms with Crippen molar-refractivity contribution in [2.75, 3.05) is 0 Å². The highest BCUT2D eigenvalue weighted by Crippen LogP contribution is 2.64. The molecule has 2 aliphatic heterocycles. The molecule has 2 aliphatic rings. The number of rotatable bonds is 4. The largest absolute Gasteiger partial charge is 0.368 e. The number of amides is 1. The molecule has 1 saturated heterocycles. The summed E-state index contributed by atoms with van der Waals surface area (Å²) < 4.78 is 0. The van der Waals surface area contributed by atoms with Gasteiger partial charge in [0.2, 0.25) is 5.91 Å². The minimum atomic E-state index is -1.63. The first-order valence-corrected chi connectivity index (χ1v) is 11.0. The normalized spacial score (nSPS) is 24.7. The van der Waals surface area contributed by atoms with Gasteiger partial charge >= 0.3 is 0 Å². The third kappa shape index (κ3) is 3.07. The van der Waals surface area contributed by atoms with Crippen LogP contribution in [0.3, 0.4) is 0 Å². The van der Waals surface area contributed by atoms with Crippen molar-refractivity contribution >= 4 is 29.3 Å². The van der Waals surface area contributed by atoms with Crippen molar-refractivity contribution in [1.82, 2.24) is 4.90 Å². The first-order valence-electron chi connectivity index (χ1n) is 10.6. The molecule has 0 radical (unpaired) electrons. The number of carbonyl (C=O) groups excluding carboxylic acids is 1. The number of nitriles is 1. The summed E-state index contributed by atoms with van der Waals surface area (Å²) in [5.74, 6) is -1.42. The maximum atomic E-state index is 13.2. The van der Waals surface area contributed by atoms with Crippen molar-refractivity contribution in [2.24, 2.45) is 11.1 Å². The second-order valence-corrected chi connectivity index (χ2v) is 8.90. The SMILES string of the molecule is N#C[C@@]1(C(N)=O)C2c3ccccc3C=CN2[C@@H](c2ccc([N+](=O)[O-])cc2)[C@@H]1c1cccc(Cl)c1. The Hall–Kier alpha value is -4.15. The molecule has 2 heterocycles. The van der Waals surface area contributed by atoms with E-state index in [0.717, 1.165) is 16.7 Å². The summed E-state index contributed by atoms with van der Waals surface area (Å²) in [6.45, 7) is 0. The van der Waals surface area contributed by atoms with Gasteiger partial charge in [0.25, 0.3) is 5.69 Å². The molecular weight excluding hydrogens is 452 g/mol. The number of non-ortho nitro benzene ring substituents is 1. The number of nitro groups is 1. The molecule has 2 N–H and O–H groups in total. The molecular formula is C26H19ClN4O3. The maximum absolute atomic E-state index is 13.2. The van der Waals surface area contributed by atoms with Crippen molar-refractivity contribution in [3.8, 4) is 6.07 Å². The number of nitrogens with two attached hydrogens (primary N) is 1. The predicted octanol–water partition coefficient (Wildman–Crippen LogP) is 5.11. The van der Waals surface area contributed by atoms with Crippen LogP contribution in [0.4, 0.5) is 5.69 Å². The van der Waals surface area contributed by atoms with E-state index in [-0.39, 0.29) is 5.69 Å². The molecule has 1 amide bonds. The van der Waals surface area contributed by atoms with E-state index in [1.807, 2.05) is 47.5 Å². The lowest BCUT2D eigenvalue weighted by molar-refractivity contribution is -0.384. The number of hydrogen-bond acceptors (Lipinski definition) is 5. The average Bonchev–Trinajstić information content (AvgIpc) is 3.16. The first kappa shape index (κ1) is 21.7. The van der Waals surface area contributed by atoms with Gasteiger partial charge in [0, 0.05) is 29.3 Å². The number of primary amides is 1. The summed E-state index contributed by atoms with van der Waals surface area (Å²) in [6, 6.07) is 22.0. The first-order chi connectivity index (χ1) is 16.4. The highest BCUT2D eigenvalue weighted by atomic mass is 35.5. The Morgan fingerprint density at radius 2 is 1.82 bits per heavy atom. The van der Waals surface area contributed by atoms with E-state index in [0.29, 0.717) is 10.6 Å². The zero-order valence-corrected chi connectivity index (χ0v) is 18.6. The number of carbonyl (C=O) groups is 1. The van der Waals surface area contributed by atoms with Crippen LogP contribution < -0.4 is 5.73 Å². The van der Waals surface area contributed by atoms with Gasteiger partial charge in [-0.2, -0.15) is 5.26 Å². The van der Waals surface area contributed by atoms with Crippen molar-refractivity contribution < 1.29 is 9.72 Å². The lowest BCUT2D eigenvalue weighted by Gasteiger charge is -2.36. The molecule has 0 bridgehead atoms. The number of fused-ring (bicyclic) bond motifs is 3. The summed E-state index contributed by atoms with van der Waals surface area (Å²) in [5, 5.41) is 22.3. The highest BCUT2D eigenvalue weighted by Gasteiger charge is 2.65. The van der Waals surface area contributed by atoms with E-state index < -0.39 is 34.2 Å². The van der Waals surface area contributed by atoms with Crippen LogP contribution >= 0.6 is 11.6 Å². The van der Waals surface area contributed by atoms with Crippen molar-refractivity contribution in [1.29, 1.82) is 5.26 Å². The van der Waals surface area contributed by atoms with Gasteiger partial charge in [0.15, 0.2) is 5.41 Å². The van der Waals surface area contributed by atoms with E-state index >= 15 is 0 Å². The summed E-state index contributed by atoms with van der Waals surface area (Å²) in [5.41, 5.74) is 7.51. The van der Waals surface area contributed by atoms with Crippen LogP contribution in [0.15, 0.2) is 79.0 Å². The molecule has 0 saturated carbocycles. The molecule has 3 aromatic carbocycles. The number of hydrogen-bond donors (Lipinski definition) is 1. The van der Waals surface area contributed by atoms with Gasteiger partial charge in [-0.25, -0.2) is 0 Å². The van der Waals surface area contributed by atoms with Gasteiger partial charge in [-0.15, -0.1) is 0 Å². The smallest absolute Gasteiger partial charge is 0.269 e. The van der Waals surface area contributed by atoms with E-state index in [9.17, 15) is 20.2 Å². The van der Waals surface area contributed by atoms with Crippen LogP contribution in [0.2, 0.25) is 5.02 Å². The molecule has 7 nitrogen and oxygen atoms in total. The molecule has 0 spiro atoms. The minimum Gasteiger partial charge on any atom is -0.368 e. The number of nitro benzene ring substituents is 1. The highest BCUT2D eigenvalue weighted by molar-refractivity contribution is 6.30. The Labute approximate surface area is 200 Å². The standard InChI is InChI=1S/C26H19ClN4O3/c27-19-6-3-5-18(14-19)22-23(17-8-10-20(11-9-17)31(33)34)30-13-12-16-4-1-2-7-21(16)24(30)26(22,15-28)25(29)32/h1-14,22-24H,(H2,29,32)/t22-,23-,24?,26-/m0/s1. The Balaban J connectivity index is 1.81. The molecule has 1 unspecified atom stereocenters. The second-order valence-electron chi connectivity index (χ2n) is 8.47. The van der Waals surface area contributed by atoms with E-state index in [1.54, 1.807) is 30.3 Å².